The number of esters is 1. The lowest BCUT2D eigenvalue weighted by atomic mass is 10.1. The Morgan fingerprint density at radius 3 is 2.59 bits per heavy atom. The van der Waals surface area contributed by atoms with Gasteiger partial charge in [-0.3, -0.25) is 4.79 Å². The summed E-state index contributed by atoms with van der Waals surface area (Å²) in [5.74, 6) is -1.23. The van der Waals surface area contributed by atoms with Crippen LogP contribution in [0, 0.1) is 5.82 Å². The molecule has 3 rings (SSSR count). The molecule has 0 radical (unpaired) electrons. The van der Waals surface area contributed by atoms with E-state index < -0.39 is 17.6 Å². The predicted molar refractivity (Wildman–Crippen MR) is 96.4 cm³/mol. The van der Waals surface area contributed by atoms with Gasteiger partial charge in [0.05, 0.1) is 18.9 Å². The van der Waals surface area contributed by atoms with Crippen LogP contribution in [0.4, 0.5) is 4.39 Å². The van der Waals surface area contributed by atoms with Crippen molar-refractivity contribution < 1.29 is 27.9 Å². The van der Waals surface area contributed by atoms with Gasteiger partial charge in [-0.15, -0.1) is 0 Å². The van der Waals surface area contributed by atoms with Gasteiger partial charge in [0.25, 0.3) is 0 Å². The minimum absolute atomic E-state index is 0.00174. The van der Waals surface area contributed by atoms with Crippen LogP contribution in [0.15, 0.2) is 71.4 Å². The lowest BCUT2D eigenvalue weighted by Crippen LogP contribution is -2.10. The highest BCUT2D eigenvalue weighted by atomic mass is 19.1. The first-order chi connectivity index (χ1) is 13.1. The second-order valence-corrected chi connectivity index (χ2v) is 5.45. The number of carbonyl (C=O) groups excluding carboxylic acids is 2. The van der Waals surface area contributed by atoms with Crippen LogP contribution in [-0.2, 0) is 0 Å². The van der Waals surface area contributed by atoms with E-state index in [1.165, 1.54) is 49.8 Å². The van der Waals surface area contributed by atoms with Crippen molar-refractivity contribution in [3.8, 4) is 11.5 Å². The zero-order valence-electron chi connectivity index (χ0n) is 14.3. The summed E-state index contributed by atoms with van der Waals surface area (Å²) in [5, 5.41) is 0. The number of rotatable bonds is 6. The van der Waals surface area contributed by atoms with Gasteiger partial charge >= 0.3 is 5.97 Å². The summed E-state index contributed by atoms with van der Waals surface area (Å²) in [6.45, 7) is 0. The first-order valence-electron chi connectivity index (χ1n) is 7.99. The molecular formula is C21H15FO5. The number of benzene rings is 2. The van der Waals surface area contributed by atoms with Crippen LogP contribution in [-0.4, -0.2) is 18.9 Å². The zero-order chi connectivity index (χ0) is 19.2. The van der Waals surface area contributed by atoms with Crippen LogP contribution >= 0.6 is 0 Å². The van der Waals surface area contributed by atoms with E-state index in [9.17, 15) is 14.0 Å². The molecule has 0 N–H and O–H groups in total. The van der Waals surface area contributed by atoms with Crippen molar-refractivity contribution >= 4 is 17.8 Å². The maximum absolute atomic E-state index is 13.7. The Morgan fingerprint density at radius 1 is 1.07 bits per heavy atom. The second kappa shape index (κ2) is 8.14. The fraction of sp³-hybridized carbons (Fsp3) is 0.0476. The molecule has 0 saturated carbocycles. The van der Waals surface area contributed by atoms with Crippen molar-refractivity contribution in [2.24, 2.45) is 0 Å². The van der Waals surface area contributed by atoms with E-state index in [1.807, 2.05) is 0 Å². The molecule has 0 spiro atoms. The highest BCUT2D eigenvalue weighted by molar-refractivity contribution is 6.09. The quantitative estimate of drug-likeness (QED) is 0.277. The van der Waals surface area contributed by atoms with Gasteiger partial charge < -0.3 is 13.9 Å². The summed E-state index contributed by atoms with van der Waals surface area (Å²) in [6, 6.07) is 13.5. The molecule has 27 heavy (non-hydrogen) atoms. The smallest absolute Gasteiger partial charge is 0.379 e. The molecule has 2 aromatic carbocycles. The summed E-state index contributed by atoms with van der Waals surface area (Å²) in [7, 11) is 1.45. The Hall–Kier alpha value is -3.67. The van der Waals surface area contributed by atoms with Crippen molar-refractivity contribution in [3.05, 3.63) is 89.6 Å². The van der Waals surface area contributed by atoms with Gasteiger partial charge in [0.15, 0.2) is 5.78 Å². The van der Waals surface area contributed by atoms with E-state index in [-0.39, 0.29) is 22.6 Å². The number of hydrogen-bond acceptors (Lipinski definition) is 5. The molecular weight excluding hydrogens is 351 g/mol. The second-order valence-electron chi connectivity index (χ2n) is 5.45. The largest absolute Gasteiger partial charge is 0.497 e. The van der Waals surface area contributed by atoms with E-state index in [1.54, 1.807) is 30.3 Å². The standard InChI is InChI=1S/C21H15FO5/c1-25-15-9-10-16(18(23)11-8-14-5-2-3-6-17(14)22)20(13-15)27-21(24)19-7-4-12-26-19/h2-13H,1H3. The number of hydrogen-bond donors (Lipinski definition) is 0. The van der Waals surface area contributed by atoms with Crippen molar-refractivity contribution in [2.45, 2.75) is 0 Å². The lowest BCUT2D eigenvalue weighted by molar-refractivity contribution is 0.0699. The third-order valence-electron chi connectivity index (χ3n) is 3.70. The number of carbonyl (C=O) groups is 2. The predicted octanol–water partition coefficient (Wildman–Crippen LogP) is 4.54. The van der Waals surface area contributed by atoms with Gasteiger partial charge in [-0.25, -0.2) is 9.18 Å². The van der Waals surface area contributed by atoms with Crippen LogP contribution < -0.4 is 9.47 Å². The van der Waals surface area contributed by atoms with E-state index in [0.717, 1.165) is 0 Å². The monoisotopic (exact) mass is 366 g/mol. The lowest BCUT2D eigenvalue weighted by Gasteiger charge is -2.09. The number of ether oxygens (including phenoxy) is 2. The van der Waals surface area contributed by atoms with E-state index in [2.05, 4.69) is 0 Å². The number of ketones is 1. The Morgan fingerprint density at radius 2 is 1.89 bits per heavy atom. The van der Waals surface area contributed by atoms with E-state index in [0.29, 0.717) is 5.75 Å². The fourth-order valence-corrected chi connectivity index (χ4v) is 2.33. The topological polar surface area (TPSA) is 65.7 Å². The molecule has 0 fully saturated rings. The molecule has 0 saturated heterocycles. The normalized spacial score (nSPS) is 10.7. The molecule has 0 amide bonds. The van der Waals surface area contributed by atoms with E-state index >= 15 is 0 Å². The Balaban J connectivity index is 1.88. The molecule has 0 aliphatic heterocycles. The van der Waals surface area contributed by atoms with Gasteiger partial charge in [-0.05, 0) is 42.5 Å². The van der Waals surface area contributed by atoms with E-state index in [4.69, 9.17) is 13.9 Å². The number of allylic oxidation sites excluding steroid dienone is 1. The molecule has 1 aromatic heterocycles. The van der Waals surface area contributed by atoms with Gasteiger partial charge in [-0.2, -0.15) is 0 Å². The van der Waals surface area contributed by atoms with Crippen LogP contribution in [0.5, 0.6) is 11.5 Å². The van der Waals surface area contributed by atoms with Crippen molar-refractivity contribution in [1.82, 2.24) is 0 Å². The third kappa shape index (κ3) is 4.30. The number of halogens is 1. The highest BCUT2D eigenvalue weighted by Gasteiger charge is 2.18. The maximum atomic E-state index is 13.7. The first-order valence-corrected chi connectivity index (χ1v) is 7.99. The van der Waals surface area contributed by atoms with Crippen molar-refractivity contribution in [2.75, 3.05) is 7.11 Å². The SMILES string of the molecule is COc1ccc(C(=O)C=Cc2ccccc2F)c(OC(=O)c2ccco2)c1. The van der Waals surface area contributed by atoms with Gasteiger partial charge in [0.1, 0.15) is 17.3 Å². The Bertz CT molecular complexity index is 990. The minimum atomic E-state index is -0.750. The molecule has 3 aromatic rings. The summed E-state index contributed by atoms with van der Waals surface area (Å²) in [5.41, 5.74) is 0.400. The Labute approximate surface area is 154 Å². The van der Waals surface area contributed by atoms with Gasteiger partial charge in [0, 0.05) is 11.6 Å². The molecule has 0 aliphatic rings. The molecule has 0 atom stereocenters. The molecule has 5 nitrogen and oxygen atoms in total. The molecule has 0 bridgehead atoms. The van der Waals surface area contributed by atoms with Crippen LogP contribution in [0.3, 0.4) is 0 Å². The van der Waals surface area contributed by atoms with Crippen molar-refractivity contribution in [3.63, 3.8) is 0 Å². The van der Waals surface area contributed by atoms with Crippen molar-refractivity contribution in [1.29, 1.82) is 0 Å². The molecule has 136 valence electrons. The minimum Gasteiger partial charge on any atom is -0.497 e. The van der Waals surface area contributed by atoms with Crippen LogP contribution in [0.2, 0.25) is 0 Å². The highest BCUT2D eigenvalue weighted by Crippen LogP contribution is 2.27. The summed E-state index contributed by atoms with van der Waals surface area (Å²) in [6.07, 6.45) is 3.91. The Kier molecular flexibility index (Phi) is 5.47. The van der Waals surface area contributed by atoms with Gasteiger partial charge in [-0.1, -0.05) is 18.2 Å². The summed E-state index contributed by atoms with van der Waals surface area (Å²) < 4.78 is 29.1. The summed E-state index contributed by atoms with van der Waals surface area (Å²) >= 11 is 0. The molecule has 0 aliphatic carbocycles. The molecule has 6 heteroatoms. The van der Waals surface area contributed by atoms with Gasteiger partial charge in [0.2, 0.25) is 5.76 Å². The fourth-order valence-electron chi connectivity index (χ4n) is 2.33. The molecule has 1 heterocycles. The number of furan rings is 1. The van der Waals surface area contributed by atoms with Crippen LogP contribution in [0.25, 0.3) is 6.08 Å². The first kappa shape index (κ1) is 18.1. The average Bonchev–Trinajstić information content (AvgIpc) is 3.22. The maximum Gasteiger partial charge on any atom is 0.379 e. The van der Waals surface area contributed by atoms with Crippen LogP contribution in [0.1, 0.15) is 26.5 Å². The zero-order valence-corrected chi connectivity index (χ0v) is 14.3. The summed E-state index contributed by atoms with van der Waals surface area (Å²) in [4.78, 5) is 24.7. The third-order valence-corrected chi connectivity index (χ3v) is 3.70. The average molecular weight is 366 g/mol. The molecule has 0 unspecified atom stereocenters. The number of methoxy groups -OCH3 is 1.